The summed E-state index contributed by atoms with van der Waals surface area (Å²) < 4.78 is 20.2. The summed E-state index contributed by atoms with van der Waals surface area (Å²) in [6.45, 7) is 0. The number of halogens is 1. The second-order valence-corrected chi connectivity index (χ2v) is 21.4. The Bertz CT molecular complexity index is 5250. The van der Waals surface area contributed by atoms with Crippen molar-refractivity contribution in [3.63, 3.8) is 0 Å². The molecule has 380 valence electrons. The maximum Gasteiger partial charge on any atom is 0.137 e. The molecule has 18 rings (SSSR count). The second-order valence-electron chi connectivity index (χ2n) is 20.5. The molecule has 0 radical (unpaired) electrons. The third kappa shape index (κ3) is 7.51. The van der Waals surface area contributed by atoms with Gasteiger partial charge in [-0.1, -0.05) is 175 Å². The lowest BCUT2D eigenvalue weighted by molar-refractivity contribution is 0.668. The number of hydrogen-bond donors (Lipinski definition) is 0. The number of fused-ring (bicyclic) bond motifs is 18. The number of nitrogens with zero attached hydrogens (tertiary/aromatic N) is 3. The van der Waals surface area contributed by atoms with Gasteiger partial charge in [-0.25, -0.2) is 0 Å². The van der Waals surface area contributed by atoms with E-state index >= 15 is 0 Å². The van der Waals surface area contributed by atoms with Crippen LogP contribution in [0, 0.1) is 0 Å². The van der Waals surface area contributed by atoms with Gasteiger partial charge in [-0.05, 0) is 138 Å². The zero-order chi connectivity index (χ0) is 52.1. The highest BCUT2D eigenvalue weighted by Gasteiger charge is 2.23. The maximum atomic E-state index is 6.28. The number of aromatic nitrogens is 3. The van der Waals surface area contributed by atoms with E-state index in [-0.39, 0.29) is 7.43 Å². The fraction of sp³-hybridized carbons (Fsp3) is 0.0270. The van der Waals surface area contributed by atoms with Crippen LogP contribution in [0.1, 0.15) is 18.6 Å². The van der Waals surface area contributed by atoms with Gasteiger partial charge in [0.15, 0.2) is 0 Å². The molecule has 0 spiro atoms. The lowest BCUT2D eigenvalue weighted by Gasteiger charge is -2.10. The highest BCUT2D eigenvalue weighted by molar-refractivity contribution is 9.10. The molecule has 17 aromatic rings. The summed E-state index contributed by atoms with van der Waals surface area (Å²) in [5.74, 6) is 0. The van der Waals surface area contributed by atoms with Crippen LogP contribution in [-0.2, 0) is 6.42 Å². The van der Waals surface area contributed by atoms with E-state index < -0.39 is 0 Å². The van der Waals surface area contributed by atoms with Gasteiger partial charge in [0.05, 0.1) is 33.1 Å². The highest BCUT2D eigenvalue weighted by atomic mass is 79.9. The number of para-hydroxylation sites is 7. The van der Waals surface area contributed by atoms with Crippen molar-refractivity contribution in [2.75, 3.05) is 0 Å². The quantitative estimate of drug-likeness (QED) is 0.177. The molecule has 1 aliphatic carbocycles. The highest BCUT2D eigenvalue weighted by Crippen LogP contribution is 2.44. The number of rotatable bonds is 3. The minimum Gasteiger partial charge on any atom is -0.456 e. The van der Waals surface area contributed by atoms with Crippen molar-refractivity contribution < 1.29 is 8.83 Å². The van der Waals surface area contributed by atoms with Gasteiger partial charge in [0.25, 0.3) is 0 Å². The van der Waals surface area contributed by atoms with Gasteiger partial charge >= 0.3 is 0 Å². The van der Waals surface area contributed by atoms with E-state index in [1.54, 1.807) is 0 Å². The molecule has 0 saturated heterocycles. The maximum absolute atomic E-state index is 6.28. The Hall–Kier alpha value is -9.88. The SMILES string of the molecule is Brc1ccc2c(c1)oc1ccccc12.C.c1ccc(-n2c3ccccc3c3cc4c(cc32)Cc2ccccc2-4)cc1.c1ccc(-n2c3ccccc3c3cc4c5ccccc5n(-c5ccc6c(c5)oc5ccccc56)c4cc32)cc1. The lowest BCUT2D eigenvalue weighted by atomic mass is 10.0. The molecule has 0 fully saturated rings. The number of hydrogen-bond acceptors (Lipinski definition) is 2. The molecular formula is C74H50BrN3O2. The topological polar surface area (TPSA) is 41.1 Å². The van der Waals surface area contributed by atoms with E-state index in [9.17, 15) is 0 Å². The first-order valence-corrected chi connectivity index (χ1v) is 27.6. The van der Waals surface area contributed by atoms with Crippen LogP contribution in [0.25, 0.3) is 137 Å². The first-order valence-electron chi connectivity index (χ1n) is 26.8. The molecule has 12 aromatic carbocycles. The number of benzene rings is 12. The molecule has 5 aromatic heterocycles. The van der Waals surface area contributed by atoms with E-state index in [4.69, 9.17) is 8.83 Å². The molecular weight excluding hydrogens is 1040 g/mol. The van der Waals surface area contributed by atoms with Crippen LogP contribution in [0.2, 0.25) is 0 Å². The first kappa shape index (κ1) is 47.3. The molecule has 0 bridgehead atoms. The summed E-state index contributed by atoms with van der Waals surface area (Å²) in [5.41, 5.74) is 20.2. The van der Waals surface area contributed by atoms with Gasteiger partial charge in [0.2, 0.25) is 0 Å². The van der Waals surface area contributed by atoms with Crippen LogP contribution in [0.4, 0.5) is 0 Å². The van der Waals surface area contributed by atoms with E-state index in [2.05, 4.69) is 254 Å². The van der Waals surface area contributed by atoms with Gasteiger partial charge in [0.1, 0.15) is 22.3 Å². The molecule has 0 N–H and O–H groups in total. The normalized spacial score (nSPS) is 11.9. The van der Waals surface area contributed by atoms with E-state index in [0.29, 0.717) is 0 Å². The monoisotopic (exact) mass is 1090 g/mol. The van der Waals surface area contributed by atoms with Crippen LogP contribution in [0.3, 0.4) is 0 Å². The fourth-order valence-corrected chi connectivity index (χ4v) is 12.9. The largest absolute Gasteiger partial charge is 0.456 e. The molecule has 0 aliphatic heterocycles. The van der Waals surface area contributed by atoms with Crippen molar-refractivity contribution in [3.05, 3.63) is 283 Å². The predicted molar refractivity (Wildman–Crippen MR) is 340 cm³/mol. The lowest BCUT2D eigenvalue weighted by Crippen LogP contribution is -1.95. The minimum atomic E-state index is 0. The van der Waals surface area contributed by atoms with Crippen molar-refractivity contribution in [3.8, 4) is 28.2 Å². The molecule has 1 aliphatic rings. The Morgan fingerprint density at radius 2 is 0.688 bits per heavy atom. The Morgan fingerprint density at radius 3 is 1.26 bits per heavy atom. The van der Waals surface area contributed by atoms with E-state index in [1.165, 1.54) is 104 Å². The van der Waals surface area contributed by atoms with Crippen molar-refractivity contribution in [1.29, 1.82) is 0 Å². The molecule has 0 amide bonds. The van der Waals surface area contributed by atoms with Gasteiger partial charge in [-0.2, -0.15) is 0 Å². The van der Waals surface area contributed by atoms with Crippen molar-refractivity contribution in [1.82, 2.24) is 13.7 Å². The van der Waals surface area contributed by atoms with Gasteiger partial charge in [-0.15, -0.1) is 0 Å². The molecule has 0 saturated carbocycles. The predicted octanol–water partition coefficient (Wildman–Crippen LogP) is 21.1. The molecule has 6 heteroatoms. The average molecular weight is 1090 g/mol. The van der Waals surface area contributed by atoms with Crippen LogP contribution in [-0.4, -0.2) is 13.7 Å². The standard InChI is InChI=1S/C36H22N2O.C25H17N.C12H7BrO.CH4/c1-2-10-23(11-3-1)37-31-15-7-4-12-25(31)29-21-30-26-13-5-8-16-32(26)38(34(30)22-33(29)37)24-18-19-28-27-14-6-9-17-35(27)39-36(28)20-24;1-2-9-19(10-3-1)26-24-13-7-6-12-21(24)23-16-22-18(15-25(23)26)14-17-8-4-5-11-20(17)22;13-8-5-6-10-9-3-1-2-4-11(9)14-12(10)7-8;/h1-22H;1-13,15-16H,14H2;1-7H;1H4. The smallest absolute Gasteiger partial charge is 0.137 e. The van der Waals surface area contributed by atoms with Gasteiger partial charge < -0.3 is 22.5 Å². The summed E-state index contributed by atoms with van der Waals surface area (Å²) in [5, 5.41) is 12.3. The van der Waals surface area contributed by atoms with Crippen LogP contribution in [0.5, 0.6) is 0 Å². The summed E-state index contributed by atoms with van der Waals surface area (Å²) >= 11 is 3.43. The zero-order valence-corrected chi connectivity index (χ0v) is 44.2. The summed E-state index contributed by atoms with van der Waals surface area (Å²) in [6, 6.07) is 94.8. The van der Waals surface area contributed by atoms with Crippen molar-refractivity contribution >= 4 is 125 Å². The summed E-state index contributed by atoms with van der Waals surface area (Å²) in [6.07, 6.45) is 1.03. The Kier molecular flexibility index (Phi) is 11.2. The molecule has 5 heterocycles. The fourth-order valence-electron chi connectivity index (χ4n) is 12.6. The molecule has 0 atom stereocenters. The van der Waals surface area contributed by atoms with Crippen molar-refractivity contribution in [2.24, 2.45) is 0 Å². The Labute approximate surface area is 469 Å². The average Bonchev–Trinajstić information content (AvgIpc) is 4.46. The van der Waals surface area contributed by atoms with Gasteiger partial charge in [0, 0.05) is 81.5 Å². The summed E-state index contributed by atoms with van der Waals surface area (Å²) in [4.78, 5) is 0. The third-order valence-electron chi connectivity index (χ3n) is 16.0. The molecule has 5 nitrogen and oxygen atoms in total. The Morgan fingerprint density at radius 1 is 0.263 bits per heavy atom. The Balaban J connectivity index is 0.000000115. The van der Waals surface area contributed by atoms with Crippen LogP contribution >= 0.6 is 15.9 Å². The summed E-state index contributed by atoms with van der Waals surface area (Å²) in [7, 11) is 0. The first-order chi connectivity index (χ1) is 39.1. The number of furan rings is 2. The van der Waals surface area contributed by atoms with Crippen LogP contribution in [0.15, 0.2) is 280 Å². The van der Waals surface area contributed by atoms with Crippen LogP contribution < -0.4 is 0 Å². The van der Waals surface area contributed by atoms with E-state index in [1.807, 2.05) is 42.5 Å². The zero-order valence-electron chi connectivity index (χ0n) is 42.6. The van der Waals surface area contributed by atoms with E-state index in [0.717, 1.165) is 55.4 Å². The van der Waals surface area contributed by atoms with Gasteiger partial charge in [-0.3, -0.25) is 0 Å². The third-order valence-corrected chi connectivity index (χ3v) is 16.5. The van der Waals surface area contributed by atoms with Crippen molar-refractivity contribution in [2.45, 2.75) is 13.8 Å². The molecule has 80 heavy (non-hydrogen) atoms. The second kappa shape index (κ2) is 18.9. The minimum absolute atomic E-state index is 0. The molecule has 0 unspecified atom stereocenters.